The summed E-state index contributed by atoms with van der Waals surface area (Å²) in [6.07, 6.45) is -13.1. The van der Waals surface area contributed by atoms with E-state index in [2.05, 4.69) is 174 Å². The molecule has 12 aromatic rings. The number of carboxylic acid groups (broad SMARTS) is 1. The minimum absolute atomic E-state index is 0. The number of alkyl halides is 8. The van der Waals surface area contributed by atoms with Gasteiger partial charge in [-0.05, 0) is 221 Å². The number of quaternary nitrogens is 1. The highest BCUT2D eigenvalue weighted by Gasteiger charge is 2.55. The topological polar surface area (TPSA) is 277 Å². The van der Waals surface area contributed by atoms with Crippen LogP contribution in [0, 0.1) is 23.3 Å². The number of ether oxygens (including phenoxy) is 10. The number of likely N-dealkylation sites (N-methyl/N-ethyl adjacent to an activating group) is 1. The Labute approximate surface area is 839 Å². The number of fused-ring (bicyclic) bond motifs is 8. The average molecular weight is 2050 g/mol. The largest absolute Gasteiger partial charge is 1.00 e. The zero-order chi connectivity index (χ0) is 106. The van der Waals surface area contributed by atoms with E-state index >= 15 is 8.78 Å². The fourth-order valence-corrected chi connectivity index (χ4v) is 17.9. The van der Waals surface area contributed by atoms with Gasteiger partial charge >= 0.3 is 43.3 Å². The number of amides is 2. The number of halogens is 13. The number of benzene rings is 8. The quantitative estimate of drug-likeness (QED) is 0.0254. The van der Waals surface area contributed by atoms with Gasteiger partial charge in [-0.15, -0.1) is 35.1 Å². The van der Waals surface area contributed by atoms with Crippen molar-refractivity contribution in [2.75, 3.05) is 53.1 Å². The maximum absolute atomic E-state index is 15.4. The number of hydrogen-bond acceptors (Lipinski definition) is 16. The summed E-state index contributed by atoms with van der Waals surface area (Å²) in [5.74, 6) is -3.19. The Morgan fingerprint density at radius 3 is 1.01 bits per heavy atom. The summed E-state index contributed by atoms with van der Waals surface area (Å²) < 4.78 is 220. The second kappa shape index (κ2) is 39.8. The van der Waals surface area contributed by atoms with E-state index in [1.54, 1.807) is 63.2 Å². The van der Waals surface area contributed by atoms with Crippen molar-refractivity contribution in [3.63, 3.8) is 0 Å². The van der Waals surface area contributed by atoms with E-state index in [-0.39, 0.29) is 117 Å². The molecule has 0 bridgehead atoms. The minimum Gasteiger partial charge on any atom is -1.00 e. The summed E-state index contributed by atoms with van der Waals surface area (Å²) in [5, 5.41) is 18.2. The predicted octanol–water partition coefficient (Wildman–Crippen LogP) is 20.7. The zero-order valence-corrected chi connectivity index (χ0v) is 85.7. The van der Waals surface area contributed by atoms with Gasteiger partial charge in [0.15, 0.2) is 46.0 Å². The summed E-state index contributed by atoms with van der Waals surface area (Å²) in [6, 6.07) is 38.8. The Morgan fingerprint density at radius 2 is 0.683 bits per heavy atom. The van der Waals surface area contributed by atoms with Crippen LogP contribution < -0.4 is 72.4 Å². The molecule has 145 heavy (non-hydrogen) atoms. The molecule has 8 heterocycles. The molecule has 18 rings (SSSR count). The Balaban J connectivity index is 0.000000155. The molecule has 2 aliphatic carbocycles. The summed E-state index contributed by atoms with van der Waals surface area (Å²) >= 11 is 0. The molecule has 0 unspecified atom stereocenters. The van der Waals surface area contributed by atoms with Crippen molar-refractivity contribution in [2.45, 2.75) is 265 Å². The van der Waals surface area contributed by atoms with Crippen LogP contribution in [0.25, 0.3) is 43.6 Å². The molecule has 6 aliphatic rings. The zero-order valence-electron chi connectivity index (χ0n) is 84.9. The van der Waals surface area contributed by atoms with E-state index in [0.717, 1.165) is 78.4 Å². The van der Waals surface area contributed by atoms with Crippen LogP contribution in [-0.4, -0.2) is 135 Å². The molecule has 8 aromatic carbocycles. The first kappa shape index (κ1) is 109. The van der Waals surface area contributed by atoms with Gasteiger partial charge in [-0.25, -0.2) is 27.2 Å². The minimum atomic E-state index is -3.71. The van der Waals surface area contributed by atoms with Crippen LogP contribution in [0.15, 0.2) is 146 Å². The number of aliphatic carboxylic acids is 1. The van der Waals surface area contributed by atoms with E-state index < -0.39 is 82.8 Å². The summed E-state index contributed by atoms with van der Waals surface area (Å²) in [7, 11) is 6.39. The smallest absolute Gasteiger partial charge is 0.586 e. The lowest BCUT2D eigenvalue weighted by molar-refractivity contribution is -0.870. The molecule has 0 saturated heterocycles. The van der Waals surface area contributed by atoms with Crippen molar-refractivity contribution in [1.82, 2.24) is 28.9 Å². The lowest BCUT2D eigenvalue weighted by atomic mass is 9.87. The Bertz CT molecular complexity index is 6930. The number of nitrogens with one attached hydrogen (secondary N) is 2. The maximum Gasteiger partial charge on any atom is 0.586 e. The average Bonchev–Trinajstić information content (AvgIpc) is 1.57. The first-order valence-corrected chi connectivity index (χ1v) is 47.4. The van der Waals surface area contributed by atoms with E-state index in [1.165, 1.54) is 72.8 Å². The van der Waals surface area contributed by atoms with E-state index in [4.69, 9.17) is 26.0 Å². The number of nitrogen functional groups attached to an aromatic ring is 1. The number of carbonyl (C=O) groups excluding carboxylic acids is 3. The monoisotopic (exact) mass is 2050 g/mol. The normalized spacial score (nSPS) is 16.0. The highest BCUT2D eigenvalue weighted by atomic mass is 35.5. The van der Waals surface area contributed by atoms with Gasteiger partial charge < -0.3 is 110 Å². The van der Waals surface area contributed by atoms with Gasteiger partial charge in [-0.3, -0.25) is 9.59 Å². The summed E-state index contributed by atoms with van der Waals surface area (Å²) in [5.41, 5.74) is 19.0. The number of aromatic nitrogens is 4. The van der Waals surface area contributed by atoms with Crippen LogP contribution in [0.4, 0.5) is 68.0 Å². The number of alkyl carbamates (subject to hydrolysis) is 2. The van der Waals surface area contributed by atoms with Crippen LogP contribution in [-0.2, 0) is 97.0 Å². The van der Waals surface area contributed by atoms with Crippen LogP contribution in [0.1, 0.15) is 212 Å². The highest BCUT2D eigenvalue weighted by Crippen LogP contribution is 2.55. The van der Waals surface area contributed by atoms with Crippen LogP contribution in [0.5, 0.6) is 46.0 Å². The number of nitrogens with two attached hydrogens (primary N) is 2. The number of anilines is 1. The third kappa shape index (κ3) is 25.6. The Hall–Kier alpha value is -12.8. The first-order valence-electron chi connectivity index (χ1n) is 47.4. The summed E-state index contributed by atoms with van der Waals surface area (Å²) in [4.78, 5) is 48.4. The number of hydrogen-bond donors (Lipinski definition) is 5. The van der Waals surface area contributed by atoms with Gasteiger partial charge in [0.25, 0.3) is 0 Å². The molecule has 2 fully saturated rings. The van der Waals surface area contributed by atoms with Gasteiger partial charge in [0, 0.05) is 131 Å². The van der Waals surface area contributed by atoms with Gasteiger partial charge in [0.05, 0.1) is 72.8 Å². The molecule has 0 atom stereocenters. The molecule has 7 N–H and O–H groups in total. The highest BCUT2D eigenvalue weighted by molar-refractivity contribution is 5.96. The molecule has 782 valence electrons. The lowest BCUT2D eigenvalue weighted by Crippen LogP contribution is -3.00. The fraction of sp³-hybridized carbons (Fsp3) is 0.444. The summed E-state index contributed by atoms with van der Waals surface area (Å²) in [6.45, 7) is 40.4. The number of nitrogens with zero attached hydrogens (tertiary/aromatic N) is 5. The van der Waals surface area contributed by atoms with E-state index in [0.29, 0.717) is 109 Å². The van der Waals surface area contributed by atoms with Crippen LogP contribution >= 0.6 is 0 Å². The maximum atomic E-state index is 15.4. The van der Waals surface area contributed by atoms with E-state index in [1.807, 2.05) is 48.1 Å². The molecular weight excluding hydrogens is 1930 g/mol. The second-order valence-corrected chi connectivity index (χ2v) is 44.3. The molecule has 24 nitrogen and oxygen atoms in total. The number of carbonyl (C=O) groups is 4. The standard InChI is InChI=1S/C29H34F3N2O3.C27H31F3N2O4.C22H23F3N2O2.C19H28FN3O2.C11H8F2O4.ClH/c1-27(2,3)25-14-19-13-18(21(30)17-22(19)33(25)11-12-34(4,5)6)15-26(35)28(9-10-28)20-7-8-23-24(16-20)37-29(31,32)36-23;1-25(2,3)23-14-18-13-17(11-16-7-8-21-22(12-16)35-27(29,30)34-21)19(28)15-20(18)32(23)10-9-31-24(33)36-26(4,5)6;1-21(2,3)20-11-15-10-14(16(23)12-17(15)27(20)7-6-26)8-13-4-5-18-19(9-13)29-22(24,25)28-18;1-18(2,3)16-10-12-9-14(21)13(20)11-15(12)23(16)8-7-22-17(24)25-19(4,5)6;12-11(13)16-7-2-1-6(5-8(7)17-11)10(3-4-10)9(14)15;/h7-8,13-14,16-17H,9-12,15H2,1-6H3;7-8,12-15H,9-11H2,1-6H3,(H,31,33);4-5,9-12H,6-8,26H2,1-3H3;9-11H,7-8,21H2,1-6H3,(H,22,24);1-2,5H,3-4H2,(H,14,15);1H/q+1;;;;;/p-1. The van der Waals surface area contributed by atoms with Crippen molar-refractivity contribution in [3.05, 3.63) is 231 Å². The molecule has 37 heteroatoms. The molecule has 0 spiro atoms. The van der Waals surface area contributed by atoms with Crippen molar-refractivity contribution >= 4 is 73.2 Å². The van der Waals surface area contributed by atoms with Gasteiger partial charge in [0.2, 0.25) is 0 Å². The van der Waals surface area contributed by atoms with Gasteiger partial charge in [-0.1, -0.05) is 107 Å². The number of carboxylic acids is 1. The third-order valence-corrected chi connectivity index (χ3v) is 25.1. The molecule has 0 radical (unpaired) electrons. The van der Waals surface area contributed by atoms with E-state index in [9.17, 15) is 63.1 Å². The van der Waals surface area contributed by atoms with Gasteiger partial charge in [-0.2, -0.15) is 0 Å². The van der Waals surface area contributed by atoms with Crippen LogP contribution in [0.2, 0.25) is 0 Å². The fourth-order valence-electron chi connectivity index (χ4n) is 17.9. The van der Waals surface area contributed by atoms with Crippen molar-refractivity contribution in [2.24, 2.45) is 5.73 Å². The van der Waals surface area contributed by atoms with Crippen molar-refractivity contribution < 1.29 is 141 Å². The number of Topliss-reactive ketones (excluding diaryl/α,β-unsaturated/α-hetero) is 1. The Kier molecular flexibility index (Phi) is 30.1. The molecular formula is C108H124ClF12N9O15. The molecule has 4 aromatic heterocycles. The first-order chi connectivity index (χ1) is 66.6. The van der Waals surface area contributed by atoms with Gasteiger partial charge in [0.1, 0.15) is 40.3 Å². The SMILES string of the molecule is CC(C)(C)OC(=O)NCCn1c(C(C)(C)C)cc2cc(Cc3ccc4c(c3)OC(F)(F)O4)c(F)cc21.CC(C)(C)OC(=O)NCCn1c(C(C)(C)C)cc2cc(N)c(F)cc21.CC(C)(C)c1cc2cc(CC(=O)C3(c4ccc5c(c4)OC(F)(F)O5)CC3)c(F)cc2n1CC[N+](C)(C)C.CC(C)(C)c1cc2cc(Cc3ccc4c(c3)OC(F)(F)O4)c(F)cc2n1CCN.O=C(O)C1(c2ccc3c(c2)OC(F)(F)O3)CC1.[Cl-]. The van der Waals surface area contributed by atoms with Crippen LogP contribution in [0.3, 0.4) is 0 Å². The third-order valence-electron chi connectivity index (χ3n) is 25.1. The second-order valence-electron chi connectivity index (χ2n) is 44.3. The van der Waals surface area contributed by atoms with Crippen molar-refractivity contribution in [1.29, 1.82) is 0 Å². The molecule has 2 saturated carbocycles. The lowest BCUT2D eigenvalue weighted by Gasteiger charge is -2.27. The molecule has 2 amide bonds. The predicted molar refractivity (Wildman–Crippen MR) is 522 cm³/mol. The number of ketones is 1. The molecule has 4 aliphatic heterocycles. The van der Waals surface area contributed by atoms with Crippen molar-refractivity contribution in [3.8, 4) is 46.0 Å². The number of rotatable bonds is 21. The Morgan fingerprint density at radius 1 is 0.386 bits per heavy atom.